The smallest absolute Gasteiger partial charge is 0.254 e. The highest BCUT2D eigenvalue weighted by Crippen LogP contribution is 2.25. The Morgan fingerprint density at radius 2 is 1.91 bits per heavy atom. The van der Waals surface area contributed by atoms with Gasteiger partial charge in [-0.2, -0.15) is 0 Å². The van der Waals surface area contributed by atoms with E-state index in [1.165, 1.54) is 24.8 Å². The number of thioether (sulfide) groups is 1. The lowest BCUT2D eigenvalue weighted by atomic mass is 9.95. The van der Waals surface area contributed by atoms with E-state index in [4.69, 9.17) is 0 Å². The van der Waals surface area contributed by atoms with Crippen molar-refractivity contribution in [2.24, 2.45) is 0 Å². The zero-order valence-electron chi connectivity index (χ0n) is 13.1. The van der Waals surface area contributed by atoms with Crippen LogP contribution in [0.2, 0.25) is 0 Å². The topological polar surface area (TPSA) is 54.9 Å². The second-order valence-electron chi connectivity index (χ2n) is 5.81. The summed E-state index contributed by atoms with van der Waals surface area (Å²) in [6.45, 7) is 0. The fraction of sp³-hybridized carbons (Fsp3) is 0.389. The Bertz CT molecular complexity index is 642. The molecule has 3 rings (SSSR count). The van der Waals surface area contributed by atoms with Crippen molar-refractivity contribution in [1.82, 2.24) is 15.3 Å². The van der Waals surface area contributed by atoms with E-state index in [1.807, 2.05) is 24.3 Å². The molecule has 0 saturated heterocycles. The van der Waals surface area contributed by atoms with E-state index in [0.717, 1.165) is 23.6 Å². The molecule has 1 amide bonds. The van der Waals surface area contributed by atoms with Gasteiger partial charge in [0.1, 0.15) is 5.03 Å². The van der Waals surface area contributed by atoms with Gasteiger partial charge in [0.25, 0.3) is 5.91 Å². The molecule has 1 N–H and O–H groups in total. The molecule has 0 atom stereocenters. The summed E-state index contributed by atoms with van der Waals surface area (Å²) in [4.78, 5) is 21.0. The van der Waals surface area contributed by atoms with Crippen LogP contribution in [0.4, 0.5) is 0 Å². The molecule has 2 aromatic rings. The van der Waals surface area contributed by atoms with Crippen LogP contribution in [0.15, 0.2) is 47.9 Å². The number of rotatable bonds is 5. The number of carbonyl (C=O) groups excluding carboxylic acids is 1. The Balaban J connectivity index is 1.65. The van der Waals surface area contributed by atoms with Gasteiger partial charge >= 0.3 is 0 Å². The molecule has 0 aromatic carbocycles. The monoisotopic (exact) mass is 327 g/mol. The summed E-state index contributed by atoms with van der Waals surface area (Å²) in [6.07, 6.45) is 11.2. The van der Waals surface area contributed by atoms with Crippen LogP contribution >= 0.6 is 11.8 Å². The Kier molecular flexibility index (Phi) is 5.64. The summed E-state index contributed by atoms with van der Waals surface area (Å²) >= 11 is 1.59. The van der Waals surface area contributed by atoms with Gasteiger partial charge in [-0.15, -0.1) is 11.8 Å². The quantitative estimate of drug-likeness (QED) is 0.848. The maximum Gasteiger partial charge on any atom is 0.254 e. The molecule has 1 fully saturated rings. The van der Waals surface area contributed by atoms with Crippen molar-refractivity contribution < 1.29 is 4.79 Å². The molecule has 23 heavy (non-hydrogen) atoms. The van der Waals surface area contributed by atoms with Gasteiger partial charge in [0.2, 0.25) is 0 Å². The minimum absolute atomic E-state index is 0.00206. The zero-order valence-corrected chi connectivity index (χ0v) is 13.9. The standard InChI is InChI=1S/C18H21N3OS/c22-17(21-15-5-2-1-3-6-15)16-7-4-10-20-18(16)23-13-14-8-11-19-12-9-14/h4,7-12,15H,1-3,5-6,13H2,(H,21,22). The third-order valence-corrected chi connectivity index (χ3v) is 5.16. The number of nitrogens with one attached hydrogen (secondary N) is 1. The largest absolute Gasteiger partial charge is 0.349 e. The third kappa shape index (κ3) is 4.55. The molecular weight excluding hydrogens is 306 g/mol. The van der Waals surface area contributed by atoms with Crippen molar-refractivity contribution in [1.29, 1.82) is 0 Å². The van der Waals surface area contributed by atoms with Gasteiger partial charge in [-0.05, 0) is 42.7 Å². The first-order valence-electron chi connectivity index (χ1n) is 8.10. The number of amides is 1. The number of nitrogens with zero attached hydrogens (tertiary/aromatic N) is 2. The Morgan fingerprint density at radius 3 is 2.70 bits per heavy atom. The number of aromatic nitrogens is 2. The summed E-state index contributed by atoms with van der Waals surface area (Å²) in [7, 11) is 0. The fourth-order valence-electron chi connectivity index (χ4n) is 2.82. The highest BCUT2D eigenvalue weighted by molar-refractivity contribution is 7.98. The highest BCUT2D eigenvalue weighted by Gasteiger charge is 2.19. The molecule has 0 bridgehead atoms. The Labute approximate surface area is 141 Å². The Hall–Kier alpha value is -1.88. The van der Waals surface area contributed by atoms with E-state index in [-0.39, 0.29) is 5.91 Å². The van der Waals surface area contributed by atoms with E-state index in [2.05, 4.69) is 15.3 Å². The van der Waals surface area contributed by atoms with Crippen LogP contribution in [0.25, 0.3) is 0 Å². The molecule has 1 aliphatic carbocycles. The second-order valence-corrected chi connectivity index (χ2v) is 6.77. The predicted molar refractivity (Wildman–Crippen MR) is 92.4 cm³/mol. The Morgan fingerprint density at radius 1 is 1.13 bits per heavy atom. The summed E-state index contributed by atoms with van der Waals surface area (Å²) in [6, 6.07) is 7.97. The molecule has 0 spiro atoms. The van der Waals surface area contributed by atoms with Crippen molar-refractivity contribution in [3.8, 4) is 0 Å². The average molecular weight is 327 g/mol. The van der Waals surface area contributed by atoms with Gasteiger partial charge in [-0.1, -0.05) is 19.3 Å². The summed E-state index contributed by atoms with van der Waals surface area (Å²) in [5.41, 5.74) is 1.85. The van der Waals surface area contributed by atoms with E-state index in [0.29, 0.717) is 11.6 Å². The first-order valence-corrected chi connectivity index (χ1v) is 9.09. The van der Waals surface area contributed by atoms with Crippen molar-refractivity contribution in [2.75, 3.05) is 0 Å². The maximum absolute atomic E-state index is 12.6. The minimum atomic E-state index is 0.00206. The molecule has 2 heterocycles. The van der Waals surface area contributed by atoms with Crippen molar-refractivity contribution in [2.45, 2.75) is 48.9 Å². The van der Waals surface area contributed by atoms with E-state index in [1.54, 1.807) is 30.4 Å². The zero-order chi connectivity index (χ0) is 15.9. The molecule has 1 saturated carbocycles. The maximum atomic E-state index is 12.6. The van der Waals surface area contributed by atoms with Crippen LogP contribution in [-0.2, 0) is 5.75 Å². The van der Waals surface area contributed by atoms with Crippen molar-refractivity contribution >= 4 is 17.7 Å². The van der Waals surface area contributed by atoms with Gasteiger partial charge in [-0.3, -0.25) is 9.78 Å². The molecular formula is C18H21N3OS. The van der Waals surface area contributed by atoms with E-state index < -0.39 is 0 Å². The molecule has 0 aliphatic heterocycles. The lowest BCUT2D eigenvalue weighted by Crippen LogP contribution is -2.36. The fourth-order valence-corrected chi connectivity index (χ4v) is 3.77. The number of pyridine rings is 2. The first-order chi connectivity index (χ1) is 11.3. The van der Waals surface area contributed by atoms with Gasteiger partial charge in [-0.25, -0.2) is 4.98 Å². The first kappa shape index (κ1) is 16.0. The van der Waals surface area contributed by atoms with E-state index in [9.17, 15) is 4.79 Å². The summed E-state index contributed by atoms with van der Waals surface area (Å²) in [5, 5.41) is 3.96. The molecule has 120 valence electrons. The number of hydrogen-bond acceptors (Lipinski definition) is 4. The van der Waals surface area contributed by atoms with Gasteiger partial charge in [0, 0.05) is 30.4 Å². The second kappa shape index (κ2) is 8.11. The van der Waals surface area contributed by atoms with Crippen molar-refractivity contribution in [3.05, 3.63) is 54.0 Å². The highest BCUT2D eigenvalue weighted by atomic mass is 32.2. The van der Waals surface area contributed by atoms with Crippen LogP contribution in [0.1, 0.15) is 48.0 Å². The van der Waals surface area contributed by atoms with Crippen molar-refractivity contribution in [3.63, 3.8) is 0 Å². The molecule has 1 aliphatic rings. The lowest BCUT2D eigenvalue weighted by molar-refractivity contribution is 0.0924. The molecule has 0 unspecified atom stereocenters. The number of carbonyl (C=O) groups is 1. The van der Waals surface area contributed by atoms with Crippen LogP contribution in [0.5, 0.6) is 0 Å². The molecule has 4 nitrogen and oxygen atoms in total. The average Bonchev–Trinajstić information content (AvgIpc) is 2.62. The summed E-state index contributed by atoms with van der Waals surface area (Å²) < 4.78 is 0. The van der Waals surface area contributed by atoms with Gasteiger partial charge < -0.3 is 5.32 Å². The minimum Gasteiger partial charge on any atom is -0.349 e. The van der Waals surface area contributed by atoms with Crippen LogP contribution in [0.3, 0.4) is 0 Å². The number of hydrogen-bond donors (Lipinski definition) is 1. The molecule has 0 radical (unpaired) electrons. The SMILES string of the molecule is O=C(NC1CCCCC1)c1cccnc1SCc1ccncc1. The van der Waals surface area contributed by atoms with Crippen LogP contribution in [-0.4, -0.2) is 21.9 Å². The molecule has 2 aromatic heterocycles. The lowest BCUT2D eigenvalue weighted by Gasteiger charge is -2.23. The third-order valence-electron chi connectivity index (χ3n) is 4.08. The van der Waals surface area contributed by atoms with Gasteiger partial charge in [0.15, 0.2) is 0 Å². The molecule has 5 heteroatoms. The normalized spacial score (nSPS) is 15.3. The van der Waals surface area contributed by atoms with E-state index >= 15 is 0 Å². The van der Waals surface area contributed by atoms with Crippen LogP contribution < -0.4 is 5.32 Å². The van der Waals surface area contributed by atoms with Gasteiger partial charge in [0.05, 0.1) is 5.56 Å². The predicted octanol–water partition coefficient (Wildman–Crippen LogP) is 3.83. The summed E-state index contributed by atoms with van der Waals surface area (Å²) in [5.74, 6) is 0.783. The van der Waals surface area contributed by atoms with Crippen LogP contribution in [0, 0.1) is 0 Å².